The normalized spacial score (nSPS) is 20.2. The van der Waals surface area contributed by atoms with Crippen molar-refractivity contribution in [2.45, 2.75) is 36.7 Å². The van der Waals surface area contributed by atoms with Crippen LogP contribution in [0.5, 0.6) is 5.75 Å². The predicted octanol–water partition coefficient (Wildman–Crippen LogP) is 2.16. The number of sulfonamides is 1. The second-order valence-electron chi connectivity index (χ2n) is 8.07. The standard InChI is InChI=1S/C23H23N5O4S/c1-16-6-8-18(9-7-16)33(30,31)28-12-11-24-23(29)21(28)14-17-15-27(26-25-17)20-10-13-32-22-5-3-2-4-19(20)22/h2-9,11-12,15,20-21H,10,13-14H2,1H3,(H,24,29)/t20-,21-/m1/s1. The number of rotatable bonds is 5. The minimum absolute atomic E-state index is 0.0383. The van der Waals surface area contributed by atoms with Crippen LogP contribution in [0.3, 0.4) is 0 Å². The summed E-state index contributed by atoms with van der Waals surface area (Å²) in [4.78, 5) is 12.8. The van der Waals surface area contributed by atoms with Crippen LogP contribution in [0, 0.1) is 6.92 Å². The van der Waals surface area contributed by atoms with Crippen LogP contribution in [0.2, 0.25) is 0 Å². The number of hydrogen-bond acceptors (Lipinski definition) is 6. The van der Waals surface area contributed by atoms with Gasteiger partial charge in [0.15, 0.2) is 0 Å². The van der Waals surface area contributed by atoms with E-state index in [0.29, 0.717) is 12.3 Å². The summed E-state index contributed by atoms with van der Waals surface area (Å²) in [5.74, 6) is 0.400. The lowest BCUT2D eigenvalue weighted by molar-refractivity contribution is -0.124. The molecule has 0 radical (unpaired) electrons. The van der Waals surface area contributed by atoms with Crippen LogP contribution in [-0.2, 0) is 21.2 Å². The minimum Gasteiger partial charge on any atom is -0.493 e. The molecule has 2 aromatic carbocycles. The van der Waals surface area contributed by atoms with Crippen molar-refractivity contribution in [2.24, 2.45) is 0 Å². The first-order valence-corrected chi connectivity index (χ1v) is 12.1. The minimum atomic E-state index is -3.92. The van der Waals surface area contributed by atoms with Gasteiger partial charge in [0.1, 0.15) is 11.8 Å². The van der Waals surface area contributed by atoms with Gasteiger partial charge in [0.25, 0.3) is 10.0 Å². The number of benzene rings is 2. The van der Waals surface area contributed by atoms with Gasteiger partial charge in [-0.2, -0.15) is 0 Å². The summed E-state index contributed by atoms with van der Waals surface area (Å²) >= 11 is 0. The lowest BCUT2D eigenvalue weighted by Gasteiger charge is -2.31. The van der Waals surface area contributed by atoms with Crippen LogP contribution in [0.1, 0.15) is 29.3 Å². The van der Waals surface area contributed by atoms with E-state index in [1.807, 2.05) is 31.2 Å². The molecule has 2 atom stereocenters. The Morgan fingerprint density at radius 1 is 1.15 bits per heavy atom. The Hall–Kier alpha value is -3.66. The molecule has 5 rings (SSSR count). The average Bonchev–Trinajstić information content (AvgIpc) is 3.28. The number of amides is 1. The molecule has 0 saturated heterocycles. The number of nitrogens with one attached hydrogen (secondary N) is 1. The van der Waals surface area contributed by atoms with Crippen molar-refractivity contribution in [1.29, 1.82) is 0 Å². The van der Waals surface area contributed by atoms with Crippen LogP contribution < -0.4 is 10.1 Å². The largest absolute Gasteiger partial charge is 0.493 e. The maximum atomic E-state index is 13.3. The smallest absolute Gasteiger partial charge is 0.264 e. The summed E-state index contributed by atoms with van der Waals surface area (Å²) in [5.41, 5.74) is 2.49. The topological polar surface area (TPSA) is 106 Å². The number of aromatic nitrogens is 3. The second kappa shape index (κ2) is 8.36. The Labute approximate surface area is 191 Å². The number of carbonyl (C=O) groups excluding carboxylic acids is 1. The predicted molar refractivity (Wildman–Crippen MR) is 120 cm³/mol. The van der Waals surface area contributed by atoms with Crippen molar-refractivity contribution in [3.8, 4) is 5.75 Å². The maximum Gasteiger partial charge on any atom is 0.264 e. The molecular weight excluding hydrogens is 442 g/mol. The van der Waals surface area contributed by atoms with E-state index >= 15 is 0 Å². The fourth-order valence-corrected chi connectivity index (χ4v) is 5.58. The first-order chi connectivity index (χ1) is 15.9. The average molecular weight is 466 g/mol. The van der Waals surface area contributed by atoms with Crippen LogP contribution in [0.25, 0.3) is 0 Å². The van der Waals surface area contributed by atoms with Crippen molar-refractivity contribution in [1.82, 2.24) is 24.6 Å². The number of hydrogen-bond donors (Lipinski definition) is 1. The first-order valence-electron chi connectivity index (χ1n) is 10.6. The summed E-state index contributed by atoms with van der Waals surface area (Å²) in [5, 5.41) is 11.1. The molecule has 0 spiro atoms. The maximum absolute atomic E-state index is 13.3. The molecule has 170 valence electrons. The molecule has 0 saturated carbocycles. The number of carbonyl (C=O) groups is 1. The lowest BCUT2D eigenvalue weighted by Crippen LogP contribution is -2.50. The van der Waals surface area contributed by atoms with Crippen molar-refractivity contribution in [2.75, 3.05) is 6.61 Å². The highest BCUT2D eigenvalue weighted by molar-refractivity contribution is 7.89. The van der Waals surface area contributed by atoms with E-state index in [1.54, 1.807) is 35.1 Å². The van der Waals surface area contributed by atoms with E-state index in [-0.39, 0.29) is 17.4 Å². The van der Waals surface area contributed by atoms with Gasteiger partial charge in [0.05, 0.1) is 23.2 Å². The SMILES string of the molecule is Cc1ccc(S(=O)(=O)N2C=CNC(=O)[C@H]2Cc2cn([C@@H]3CCOc4ccccc43)nn2)cc1. The van der Waals surface area contributed by atoms with Crippen molar-refractivity contribution >= 4 is 15.9 Å². The monoisotopic (exact) mass is 465 g/mol. The summed E-state index contributed by atoms with van der Waals surface area (Å²) in [6, 6.07) is 13.3. The van der Waals surface area contributed by atoms with E-state index in [1.165, 1.54) is 12.4 Å². The molecule has 9 nitrogen and oxygen atoms in total. The van der Waals surface area contributed by atoms with Gasteiger partial charge < -0.3 is 10.1 Å². The Bertz CT molecular complexity index is 1320. The zero-order valence-corrected chi connectivity index (χ0v) is 18.8. The van der Waals surface area contributed by atoms with Gasteiger partial charge in [-0.3, -0.25) is 9.10 Å². The lowest BCUT2D eigenvalue weighted by atomic mass is 10.0. The Kier molecular flexibility index (Phi) is 5.37. The van der Waals surface area contributed by atoms with Gasteiger partial charge in [0, 0.05) is 37.0 Å². The summed E-state index contributed by atoms with van der Waals surface area (Å²) in [6.07, 6.45) is 5.31. The number of nitrogens with zero attached hydrogens (tertiary/aromatic N) is 4. The van der Waals surface area contributed by atoms with E-state index in [9.17, 15) is 13.2 Å². The fraction of sp³-hybridized carbons (Fsp3) is 0.261. The molecule has 2 aliphatic heterocycles. The number of fused-ring (bicyclic) bond motifs is 1. The number of aryl methyl sites for hydroxylation is 1. The number of para-hydroxylation sites is 1. The van der Waals surface area contributed by atoms with E-state index in [2.05, 4.69) is 15.6 Å². The second-order valence-corrected chi connectivity index (χ2v) is 9.92. The van der Waals surface area contributed by atoms with Gasteiger partial charge in [-0.25, -0.2) is 13.1 Å². The highest BCUT2D eigenvalue weighted by Crippen LogP contribution is 2.34. The quantitative estimate of drug-likeness (QED) is 0.619. The number of ether oxygens (including phenoxy) is 1. The molecule has 1 N–H and O–H groups in total. The molecule has 33 heavy (non-hydrogen) atoms. The summed E-state index contributed by atoms with van der Waals surface area (Å²) in [7, 11) is -3.92. The van der Waals surface area contributed by atoms with Crippen molar-refractivity contribution < 1.29 is 17.9 Å². The van der Waals surface area contributed by atoms with Gasteiger partial charge >= 0.3 is 0 Å². The van der Waals surface area contributed by atoms with Gasteiger partial charge in [-0.05, 0) is 25.1 Å². The molecule has 2 aliphatic rings. The van der Waals surface area contributed by atoms with Gasteiger partial charge in [0.2, 0.25) is 5.91 Å². The molecule has 1 amide bonds. The molecule has 0 aliphatic carbocycles. The van der Waals surface area contributed by atoms with Crippen LogP contribution >= 0.6 is 0 Å². The Balaban J connectivity index is 1.42. The Morgan fingerprint density at radius 3 is 2.76 bits per heavy atom. The zero-order chi connectivity index (χ0) is 23.0. The van der Waals surface area contributed by atoms with Crippen LogP contribution in [0.4, 0.5) is 0 Å². The van der Waals surface area contributed by atoms with E-state index in [0.717, 1.165) is 27.6 Å². The van der Waals surface area contributed by atoms with E-state index in [4.69, 9.17) is 4.74 Å². The highest BCUT2D eigenvalue weighted by atomic mass is 32.2. The van der Waals surface area contributed by atoms with Crippen LogP contribution in [0.15, 0.2) is 72.0 Å². The molecule has 3 aromatic rings. The van der Waals surface area contributed by atoms with E-state index < -0.39 is 22.0 Å². The van der Waals surface area contributed by atoms with Crippen molar-refractivity contribution in [3.63, 3.8) is 0 Å². The Morgan fingerprint density at radius 2 is 1.94 bits per heavy atom. The third-order valence-corrected chi connectivity index (χ3v) is 7.66. The molecule has 10 heteroatoms. The zero-order valence-electron chi connectivity index (χ0n) is 18.0. The first kappa shape index (κ1) is 21.2. The third-order valence-electron chi connectivity index (χ3n) is 5.86. The van der Waals surface area contributed by atoms with Gasteiger partial charge in [-0.1, -0.05) is 41.1 Å². The summed E-state index contributed by atoms with van der Waals surface area (Å²) < 4.78 is 35.1. The molecule has 0 bridgehead atoms. The fourth-order valence-electron chi connectivity index (χ4n) is 4.13. The molecule has 0 unspecified atom stereocenters. The molecule has 3 heterocycles. The molecule has 0 fully saturated rings. The van der Waals surface area contributed by atoms with Gasteiger partial charge in [-0.15, -0.1) is 5.10 Å². The molecule has 1 aromatic heterocycles. The highest BCUT2D eigenvalue weighted by Gasteiger charge is 2.36. The van der Waals surface area contributed by atoms with Crippen molar-refractivity contribution in [3.05, 3.63) is 83.9 Å². The molecular formula is C23H23N5O4S. The third kappa shape index (κ3) is 3.97. The van der Waals surface area contributed by atoms with Crippen LogP contribution in [-0.4, -0.2) is 46.3 Å². The summed E-state index contributed by atoms with van der Waals surface area (Å²) in [6.45, 7) is 2.45.